The Morgan fingerprint density at radius 2 is 1.67 bits per heavy atom. The molecule has 0 aliphatic heterocycles. The molecule has 0 aliphatic carbocycles. The van der Waals surface area contributed by atoms with Gasteiger partial charge in [0.25, 0.3) is 0 Å². The quantitative estimate of drug-likeness (QED) is 0.405. The van der Waals surface area contributed by atoms with Crippen LogP contribution in [0.1, 0.15) is 0 Å². The third-order valence-corrected chi connectivity index (χ3v) is 0.535. The fourth-order valence-corrected chi connectivity index (χ4v) is 0. The lowest BCUT2D eigenvalue weighted by Crippen LogP contribution is -1.85. The fraction of sp³-hybridized carbons (Fsp3) is 1.00. The van der Waals surface area contributed by atoms with E-state index in [-0.39, 0.29) is 9.90 Å². The summed E-state index contributed by atoms with van der Waals surface area (Å²) in [6.45, 7) is 0. The van der Waals surface area contributed by atoms with Crippen molar-refractivity contribution in [1.29, 1.82) is 0 Å². The molecule has 0 saturated carbocycles. The summed E-state index contributed by atoms with van der Waals surface area (Å²) < 4.78 is 4.28. The first-order chi connectivity index (χ1) is 2.27. The Labute approximate surface area is 50.6 Å². The summed E-state index contributed by atoms with van der Waals surface area (Å²) in [6, 6.07) is 0. The lowest BCUT2D eigenvalue weighted by Gasteiger charge is -1.88. The van der Waals surface area contributed by atoms with Gasteiger partial charge in [-0.3, -0.25) is 0 Å². The molecule has 0 aromatic rings. The third kappa shape index (κ3) is 8.88. The Kier molecular flexibility index (Phi) is 10.0. The van der Waals surface area contributed by atoms with Gasteiger partial charge in [0.2, 0.25) is 5.02 Å². The smallest absolute Gasteiger partial charge is 0.206 e. The lowest BCUT2D eigenvalue weighted by molar-refractivity contribution is 0.225. The summed E-state index contributed by atoms with van der Waals surface area (Å²) in [7, 11) is 1.44. The molecule has 6 heavy (non-hydrogen) atoms. The van der Waals surface area contributed by atoms with E-state index in [4.69, 9.17) is 23.2 Å². The molecule has 0 spiro atoms. The first-order valence-corrected chi connectivity index (χ1v) is 1.95. The minimum Gasteiger partial charge on any atom is -0.352 e. The minimum absolute atomic E-state index is 0. The van der Waals surface area contributed by atoms with E-state index in [1.54, 1.807) is 0 Å². The molecule has 4 heteroatoms. The average molecular weight is 149 g/mol. The van der Waals surface area contributed by atoms with Gasteiger partial charge in [0.05, 0.1) is 0 Å². The second-order valence-electron chi connectivity index (χ2n) is 0.496. The van der Waals surface area contributed by atoms with Gasteiger partial charge in [-0.2, -0.15) is 9.90 Å². The molecule has 0 aromatic carbocycles. The molecule has 0 fully saturated rings. The molecule has 0 N–H and O–H groups in total. The Hall–Kier alpha value is 0.970. The number of halogens is 2. The third-order valence-electron chi connectivity index (χ3n) is 0.178. The number of ether oxygens (including phenoxy) is 1. The molecule has 0 saturated heterocycles. The van der Waals surface area contributed by atoms with Crippen molar-refractivity contribution in [2.24, 2.45) is 0 Å². The van der Waals surface area contributed by atoms with E-state index >= 15 is 0 Å². The van der Waals surface area contributed by atoms with Crippen molar-refractivity contribution in [3.63, 3.8) is 0 Å². The van der Waals surface area contributed by atoms with Crippen LogP contribution in [0.2, 0.25) is 0 Å². The lowest BCUT2D eigenvalue weighted by atomic mass is 11.5. The number of hydrogen-bond donors (Lipinski definition) is 0. The summed E-state index contributed by atoms with van der Waals surface area (Å²) in [6.07, 6.45) is 0. The van der Waals surface area contributed by atoms with E-state index < -0.39 is 5.02 Å². The highest BCUT2D eigenvalue weighted by Crippen LogP contribution is 1.98. The van der Waals surface area contributed by atoms with Gasteiger partial charge in [0.1, 0.15) is 0 Å². The summed E-state index contributed by atoms with van der Waals surface area (Å²) in [5.74, 6) is 0. The van der Waals surface area contributed by atoms with Crippen molar-refractivity contribution in [2.75, 3.05) is 7.11 Å². The molecular weight excluding hydrogens is 142 g/mol. The maximum absolute atomic E-state index is 5.01. The summed E-state index contributed by atoms with van der Waals surface area (Å²) in [5, 5.41) is -0.671. The zero-order chi connectivity index (χ0) is 4.28. The number of rotatable bonds is 1. The van der Waals surface area contributed by atoms with E-state index in [0.717, 1.165) is 0 Å². The van der Waals surface area contributed by atoms with Gasteiger partial charge in [-0.15, -0.1) is 0 Å². The second kappa shape index (κ2) is 5.97. The first kappa shape index (κ1) is 10.1. The number of alkyl halides is 2. The standard InChI is InChI=1S/C2H4Cl2O.H3P/c1-5-2(3)4;/h2H,1H3;1H3. The molecule has 0 radical (unpaired) electrons. The molecule has 0 amide bonds. The second-order valence-corrected chi connectivity index (χ2v) is 1.51. The zero-order valence-electron chi connectivity index (χ0n) is 3.45. The summed E-state index contributed by atoms with van der Waals surface area (Å²) in [5.41, 5.74) is 0. The van der Waals surface area contributed by atoms with E-state index in [1.165, 1.54) is 7.11 Å². The van der Waals surface area contributed by atoms with Crippen molar-refractivity contribution in [2.45, 2.75) is 5.02 Å². The number of methoxy groups -OCH3 is 1. The Morgan fingerprint density at radius 1 is 1.50 bits per heavy atom. The number of hydrogen-bond acceptors (Lipinski definition) is 1. The molecule has 1 atom stereocenters. The fourth-order valence-electron chi connectivity index (χ4n) is 0. The molecule has 0 rings (SSSR count). The monoisotopic (exact) mass is 148 g/mol. The highest BCUT2D eigenvalue weighted by atomic mass is 35.5. The molecule has 40 valence electrons. The maximum Gasteiger partial charge on any atom is 0.206 e. The Morgan fingerprint density at radius 3 is 1.67 bits per heavy atom. The predicted molar refractivity (Wildman–Crippen MR) is 33.6 cm³/mol. The molecule has 1 nitrogen and oxygen atoms in total. The van der Waals surface area contributed by atoms with Crippen LogP contribution in [0.5, 0.6) is 0 Å². The van der Waals surface area contributed by atoms with Crippen LogP contribution in [-0.4, -0.2) is 12.1 Å². The Bertz CT molecular complexity index is 25.5. The van der Waals surface area contributed by atoms with Gasteiger partial charge < -0.3 is 4.74 Å². The summed E-state index contributed by atoms with van der Waals surface area (Å²) in [4.78, 5) is 0. The van der Waals surface area contributed by atoms with Crippen LogP contribution in [0.25, 0.3) is 0 Å². The van der Waals surface area contributed by atoms with Crippen molar-refractivity contribution >= 4 is 33.1 Å². The normalized spacial score (nSPS) is 8.00. The molecule has 0 aliphatic rings. The van der Waals surface area contributed by atoms with E-state index in [2.05, 4.69) is 4.74 Å². The van der Waals surface area contributed by atoms with E-state index in [0.29, 0.717) is 0 Å². The van der Waals surface area contributed by atoms with Crippen molar-refractivity contribution < 1.29 is 4.74 Å². The zero-order valence-corrected chi connectivity index (χ0v) is 6.37. The Balaban J connectivity index is 0. The van der Waals surface area contributed by atoms with Gasteiger partial charge in [-0.05, 0) is 0 Å². The highest BCUT2D eigenvalue weighted by Gasteiger charge is 1.85. The van der Waals surface area contributed by atoms with Gasteiger partial charge >= 0.3 is 0 Å². The van der Waals surface area contributed by atoms with Crippen LogP contribution in [-0.2, 0) is 4.74 Å². The largest absolute Gasteiger partial charge is 0.352 e. The average Bonchev–Trinajstić information content (AvgIpc) is 1.38. The van der Waals surface area contributed by atoms with E-state index in [1.807, 2.05) is 0 Å². The minimum atomic E-state index is -0.671. The molecule has 0 bridgehead atoms. The van der Waals surface area contributed by atoms with Crippen LogP contribution in [0, 0.1) is 0 Å². The molecular formula is C2H7Cl2OP. The van der Waals surface area contributed by atoms with Crippen LogP contribution in [0.15, 0.2) is 0 Å². The van der Waals surface area contributed by atoms with Crippen molar-refractivity contribution in [1.82, 2.24) is 0 Å². The van der Waals surface area contributed by atoms with Crippen LogP contribution < -0.4 is 0 Å². The highest BCUT2D eigenvalue weighted by molar-refractivity contribution is 6.92. The van der Waals surface area contributed by atoms with Crippen molar-refractivity contribution in [3.05, 3.63) is 0 Å². The van der Waals surface area contributed by atoms with Crippen LogP contribution >= 0.6 is 33.1 Å². The molecule has 0 aromatic heterocycles. The summed E-state index contributed by atoms with van der Waals surface area (Å²) >= 11 is 10.0. The first-order valence-electron chi connectivity index (χ1n) is 1.08. The maximum atomic E-state index is 5.01. The van der Waals surface area contributed by atoms with Crippen LogP contribution in [0.4, 0.5) is 0 Å². The molecule has 0 heterocycles. The molecule has 1 unspecified atom stereocenters. The van der Waals surface area contributed by atoms with Crippen LogP contribution in [0.3, 0.4) is 0 Å². The SMILES string of the molecule is COC(Cl)Cl.P. The van der Waals surface area contributed by atoms with Gasteiger partial charge in [0, 0.05) is 7.11 Å². The van der Waals surface area contributed by atoms with E-state index in [9.17, 15) is 0 Å². The van der Waals surface area contributed by atoms with Gasteiger partial charge in [-0.25, -0.2) is 0 Å². The van der Waals surface area contributed by atoms with Gasteiger partial charge in [-0.1, -0.05) is 23.2 Å². The topological polar surface area (TPSA) is 9.23 Å². The van der Waals surface area contributed by atoms with Crippen molar-refractivity contribution in [3.8, 4) is 0 Å². The van der Waals surface area contributed by atoms with Gasteiger partial charge in [0.15, 0.2) is 0 Å². The predicted octanol–water partition coefficient (Wildman–Crippen LogP) is 1.45.